The zero-order chi connectivity index (χ0) is 20.8. The van der Waals surface area contributed by atoms with Crippen LogP contribution in [0.1, 0.15) is 28.0 Å². The Labute approximate surface area is 173 Å². The molecule has 0 fully saturated rings. The molecule has 0 bridgehead atoms. The van der Waals surface area contributed by atoms with Crippen molar-refractivity contribution in [3.05, 3.63) is 96.1 Å². The first-order valence-electron chi connectivity index (χ1n) is 9.36. The van der Waals surface area contributed by atoms with Crippen LogP contribution >= 0.6 is 0 Å². The van der Waals surface area contributed by atoms with Crippen molar-refractivity contribution in [1.82, 2.24) is 9.97 Å². The summed E-state index contributed by atoms with van der Waals surface area (Å²) < 4.78 is 0. The highest BCUT2D eigenvalue weighted by atomic mass is 16.6. The first-order valence-corrected chi connectivity index (χ1v) is 9.36. The highest BCUT2D eigenvalue weighted by Gasteiger charge is 2.29. The van der Waals surface area contributed by atoms with Crippen LogP contribution in [0.15, 0.2) is 84.4 Å². The van der Waals surface area contributed by atoms with Crippen molar-refractivity contribution in [3.8, 4) is 0 Å². The standard InChI is InChI=1S/C23H18N4O3/c28-21(11-10-18-5-1-2-13-25-18)16-6-8-19(9-7-16)26-23(29)22-14-20(27-30-22)17-4-3-12-24-15-17/h1-13,15,22H,14H2,(H,26,29). The third-order valence-corrected chi connectivity index (χ3v) is 4.49. The molecule has 1 aromatic carbocycles. The number of anilines is 1. The number of carbonyl (C=O) groups excluding carboxylic acids is 2. The third-order valence-electron chi connectivity index (χ3n) is 4.49. The molecule has 1 amide bonds. The molecule has 4 rings (SSSR count). The lowest BCUT2D eigenvalue weighted by molar-refractivity contribution is -0.125. The van der Waals surface area contributed by atoms with Gasteiger partial charge in [0.05, 0.1) is 11.4 Å². The highest BCUT2D eigenvalue weighted by Crippen LogP contribution is 2.18. The summed E-state index contributed by atoms with van der Waals surface area (Å²) in [7, 11) is 0. The van der Waals surface area contributed by atoms with Crippen molar-refractivity contribution in [2.45, 2.75) is 12.5 Å². The molecule has 1 aliphatic rings. The Morgan fingerprint density at radius 2 is 1.90 bits per heavy atom. The minimum absolute atomic E-state index is 0.146. The summed E-state index contributed by atoms with van der Waals surface area (Å²) in [6.45, 7) is 0. The molecule has 3 aromatic rings. The van der Waals surface area contributed by atoms with Gasteiger partial charge in [0.25, 0.3) is 5.91 Å². The van der Waals surface area contributed by atoms with E-state index in [-0.39, 0.29) is 11.7 Å². The average molecular weight is 398 g/mol. The zero-order valence-corrected chi connectivity index (χ0v) is 15.9. The maximum atomic E-state index is 12.5. The fraction of sp³-hybridized carbons (Fsp3) is 0.0870. The molecule has 0 saturated heterocycles. The SMILES string of the molecule is O=C(C=Cc1ccccn1)c1ccc(NC(=O)C2CC(c3cccnc3)=NO2)cc1. The van der Waals surface area contributed by atoms with E-state index in [1.54, 1.807) is 55.0 Å². The molecule has 0 spiro atoms. The van der Waals surface area contributed by atoms with Gasteiger partial charge < -0.3 is 10.2 Å². The average Bonchev–Trinajstić information content (AvgIpc) is 3.30. The summed E-state index contributed by atoms with van der Waals surface area (Å²) in [5.74, 6) is -0.445. The number of ketones is 1. The van der Waals surface area contributed by atoms with Crippen molar-refractivity contribution in [2.24, 2.45) is 5.16 Å². The van der Waals surface area contributed by atoms with Crippen LogP contribution in [0.2, 0.25) is 0 Å². The molecule has 1 aliphatic heterocycles. The second-order valence-corrected chi connectivity index (χ2v) is 6.60. The van der Waals surface area contributed by atoms with Crippen LogP contribution in [-0.2, 0) is 9.63 Å². The van der Waals surface area contributed by atoms with Gasteiger partial charge in [-0.25, -0.2) is 0 Å². The van der Waals surface area contributed by atoms with Crippen molar-refractivity contribution in [2.75, 3.05) is 5.32 Å². The Hall–Kier alpha value is -4.13. The quantitative estimate of drug-likeness (QED) is 0.507. The molecule has 148 valence electrons. The molecule has 30 heavy (non-hydrogen) atoms. The maximum Gasteiger partial charge on any atom is 0.268 e. The monoisotopic (exact) mass is 398 g/mol. The van der Waals surface area contributed by atoms with Gasteiger partial charge >= 0.3 is 0 Å². The predicted octanol–water partition coefficient (Wildman–Crippen LogP) is 3.50. The molecule has 0 aliphatic carbocycles. The summed E-state index contributed by atoms with van der Waals surface area (Å²) in [6.07, 6.45) is 7.82. The van der Waals surface area contributed by atoms with Crippen LogP contribution in [0.25, 0.3) is 6.08 Å². The number of nitrogens with zero attached hydrogens (tertiary/aromatic N) is 3. The van der Waals surface area contributed by atoms with Gasteiger partial charge in [0.15, 0.2) is 5.78 Å². The molecule has 7 heteroatoms. The largest absolute Gasteiger partial charge is 0.382 e. The molecule has 1 atom stereocenters. The first-order chi connectivity index (χ1) is 14.7. The van der Waals surface area contributed by atoms with E-state index in [1.165, 1.54) is 6.08 Å². The third kappa shape index (κ3) is 4.64. The summed E-state index contributed by atoms with van der Waals surface area (Å²) in [6, 6.07) is 15.8. The Morgan fingerprint density at radius 1 is 1.03 bits per heavy atom. The van der Waals surface area contributed by atoms with Gasteiger partial charge in [-0.1, -0.05) is 11.2 Å². The number of nitrogens with one attached hydrogen (secondary N) is 1. The van der Waals surface area contributed by atoms with Gasteiger partial charge in [0.2, 0.25) is 6.10 Å². The molecule has 3 heterocycles. The molecule has 1 N–H and O–H groups in total. The number of oxime groups is 1. The Balaban J connectivity index is 1.33. The number of amides is 1. The van der Waals surface area contributed by atoms with Gasteiger partial charge in [-0.15, -0.1) is 0 Å². The van der Waals surface area contributed by atoms with E-state index in [0.717, 1.165) is 5.56 Å². The van der Waals surface area contributed by atoms with Crippen LogP contribution in [0.4, 0.5) is 5.69 Å². The number of pyridine rings is 2. The summed E-state index contributed by atoms with van der Waals surface area (Å²) >= 11 is 0. The van der Waals surface area contributed by atoms with Crippen LogP contribution in [0, 0.1) is 0 Å². The van der Waals surface area contributed by atoms with E-state index in [0.29, 0.717) is 29.1 Å². The van der Waals surface area contributed by atoms with Crippen LogP contribution in [0.5, 0.6) is 0 Å². The molecule has 7 nitrogen and oxygen atoms in total. The highest BCUT2D eigenvalue weighted by molar-refractivity contribution is 6.08. The lowest BCUT2D eigenvalue weighted by Gasteiger charge is -2.09. The fourth-order valence-electron chi connectivity index (χ4n) is 2.89. The fourth-order valence-corrected chi connectivity index (χ4v) is 2.89. The van der Waals surface area contributed by atoms with Crippen molar-refractivity contribution < 1.29 is 14.4 Å². The van der Waals surface area contributed by atoms with Gasteiger partial charge in [-0.2, -0.15) is 0 Å². The molecular formula is C23H18N4O3. The first kappa shape index (κ1) is 19.2. The van der Waals surface area contributed by atoms with Gasteiger partial charge in [0.1, 0.15) is 0 Å². The van der Waals surface area contributed by atoms with E-state index >= 15 is 0 Å². The van der Waals surface area contributed by atoms with E-state index in [9.17, 15) is 9.59 Å². The summed E-state index contributed by atoms with van der Waals surface area (Å²) in [5.41, 5.74) is 3.31. The number of hydrogen-bond acceptors (Lipinski definition) is 6. The van der Waals surface area contributed by atoms with Gasteiger partial charge in [-0.05, 0) is 60.7 Å². The summed E-state index contributed by atoms with van der Waals surface area (Å²) in [5, 5.41) is 6.78. The molecule has 0 radical (unpaired) electrons. The number of rotatable bonds is 6. The van der Waals surface area contributed by atoms with Crippen LogP contribution in [0.3, 0.4) is 0 Å². The Bertz CT molecular complexity index is 1090. The lowest BCUT2D eigenvalue weighted by Crippen LogP contribution is -2.28. The molecule has 1 unspecified atom stereocenters. The second kappa shape index (κ2) is 8.91. The zero-order valence-electron chi connectivity index (χ0n) is 15.9. The smallest absolute Gasteiger partial charge is 0.268 e. The number of aromatic nitrogens is 2. The van der Waals surface area contributed by atoms with E-state index in [4.69, 9.17) is 4.84 Å². The topological polar surface area (TPSA) is 93.5 Å². The van der Waals surface area contributed by atoms with E-state index in [1.807, 2.05) is 24.3 Å². The van der Waals surface area contributed by atoms with Gasteiger partial charge in [-0.3, -0.25) is 19.6 Å². The lowest BCUT2D eigenvalue weighted by atomic mass is 10.1. The molecule has 0 saturated carbocycles. The van der Waals surface area contributed by atoms with Crippen molar-refractivity contribution in [1.29, 1.82) is 0 Å². The molecule has 2 aromatic heterocycles. The van der Waals surface area contributed by atoms with Crippen molar-refractivity contribution in [3.63, 3.8) is 0 Å². The van der Waals surface area contributed by atoms with E-state index in [2.05, 4.69) is 20.4 Å². The minimum Gasteiger partial charge on any atom is -0.382 e. The normalized spacial score (nSPS) is 15.5. The number of allylic oxidation sites excluding steroid dienone is 1. The number of benzene rings is 1. The molecular weight excluding hydrogens is 380 g/mol. The van der Waals surface area contributed by atoms with E-state index < -0.39 is 6.10 Å². The van der Waals surface area contributed by atoms with Crippen LogP contribution in [-0.4, -0.2) is 33.5 Å². The van der Waals surface area contributed by atoms with Gasteiger partial charge in [0, 0.05) is 41.8 Å². The second-order valence-electron chi connectivity index (χ2n) is 6.60. The van der Waals surface area contributed by atoms with Crippen molar-refractivity contribution >= 4 is 29.2 Å². The number of carbonyl (C=O) groups is 2. The maximum absolute atomic E-state index is 12.5. The predicted molar refractivity (Wildman–Crippen MR) is 113 cm³/mol. The number of hydrogen-bond donors (Lipinski definition) is 1. The van der Waals surface area contributed by atoms with Crippen LogP contribution < -0.4 is 5.32 Å². The summed E-state index contributed by atoms with van der Waals surface area (Å²) in [4.78, 5) is 38.2. The Kier molecular flexibility index (Phi) is 5.70. The Morgan fingerprint density at radius 3 is 2.63 bits per heavy atom. The minimum atomic E-state index is -0.706.